The summed E-state index contributed by atoms with van der Waals surface area (Å²) in [5.74, 6) is 0.786. The normalized spacial score (nSPS) is 10.5. The molecule has 0 radical (unpaired) electrons. The Labute approximate surface area is 141 Å². The van der Waals surface area contributed by atoms with Gasteiger partial charge in [0.05, 0.1) is 13.3 Å². The number of aromatic hydroxyl groups is 1. The number of amides is 1. The predicted octanol–water partition coefficient (Wildman–Crippen LogP) is 2.69. The Hall–Kier alpha value is -2.54. The molecule has 2 aromatic carbocycles. The van der Waals surface area contributed by atoms with Crippen molar-refractivity contribution < 1.29 is 19.4 Å². The van der Waals surface area contributed by atoms with Gasteiger partial charge >= 0.3 is 0 Å². The Morgan fingerprint density at radius 2 is 1.96 bits per heavy atom. The molecule has 0 bridgehead atoms. The molecule has 1 amide bonds. The first-order chi connectivity index (χ1) is 11.1. The van der Waals surface area contributed by atoms with E-state index in [1.807, 2.05) is 12.1 Å². The highest BCUT2D eigenvalue weighted by atomic mass is 79.9. The Morgan fingerprint density at radius 1 is 1.26 bits per heavy atom. The third-order valence-electron chi connectivity index (χ3n) is 2.81. The quantitative estimate of drug-likeness (QED) is 0.598. The summed E-state index contributed by atoms with van der Waals surface area (Å²) in [5, 5.41) is 13.5. The highest BCUT2D eigenvalue weighted by Crippen LogP contribution is 2.21. The van der Waals surface area contributed by atoms with Crippen molar-refractivity contribution in [3.63, 3.8) is 0 Å². The zero-order chi connectivity index (χ0) is 16.7. The summed E-state index contributed by atoms with van der Waals surface area (Å²) in [6, 6.07) is 11.8. The van der Waals surface area contributed by atoms with Crippen molar-refractivity contribution in [2.75, 3.05) is 13.7 Å². The number of halogens is 1. The van der Waals surface area contributed by atoms with Gasteiger partial charge in [-0.15, -0.1) is 0 Å². The standard InChI is InChI=1S/C16H15BrN2O4/c1-22-14-6-7-15(20)11(8-14)9-18-19-16(21)10-23-13-4-2-12(17)3-5-13/h2-9,20H,10H2,1H3,(H,19,21)/b18-9-. The molecule has 2 aromatic rings. The minimum atomic E-state index is -0.411. The summed E-state index contributed by atoms with van der Waals surface area (Å²) in [6.07, 6.45) is 1.33. The second kappa shape index (κ2) is 8.19. The number of hydrogen-bond donors (Lipinski definition) is 2. The maximum atomic E-state index is 11.6. The molecule has 0 aliphatic heterocycles. The topological polar surface area (TPSA) is 80.2 Å². The van der Waals surface area contributed by atoms with Crippen LogP contribution in [-0.2, 0) is 4.79 Å². The van der Waals surface area contributed by atoms with Crippen molar-refractivity contribution in [2.45, 2.75) is 0 Å². The van der Waals surface area contributed by atoms with Crippen molar-refractivity contribution in [3.05, 3.63) is 52.5 Å². The molecule has 0 spiro atoms. The van der Waals surface area contributed by atoms with Crippen molar-refractivity contribution >= 4 is 28.1 Å². The molecule has 0 aromatic heterocycles. The van der Waals surface area contributed by atoms with Crippen LogP contribution in [0, 0.1) is 0 Å². The van der Waals surface area contributed by atoms with Crippen molar-refractivity contribution in [2.24, 2.45) is 5.10 Å². The molecule has 120 valence electrons. The van der Waals surface area contributed by atoms with Gasteiger partial charge < -0.3 is 14.6 Å². The molecule has 0 atom stereocenters. The van der Waals surface area contributed by atoms with E-state index in [0.717, 1.165) is 4.47 Å². The van der Waals surface area contributed by atoms with E-state index in [4.69, 9.17) is 9.47 Å². The lowest BCUT2D eigenvalue weighted by molar-refractivity contribution is -0.123. The molecule has 23 heavy (non-hydrogen) atoms. The van der Waals surface area contributed by atoms with E-state index in [9.17, 15) is 9.90 Å². The molecule has 0 saturated heterocycles. The zero-order valence-corrected chi connectivity index (χ0v) is 13.9. The molecule has 0 fully saturated rings. The van der Waals surface area contributed by atoms with E-state index in [-0.39, 0.29) is 12.4 Å². The molecule has 0 unspecified atom stereocenters. The van der Waals surface area contributed by atoms with Crippen LogP contribution in [0.5, 0.6) is 17.2 Å². The first kappa shape index (κ1) is 16.8. The van der Waals surface area contributed by atoms with Crippen molar-refractivity contribution in [1.82, 2.24) is 5.43 Å². The molecule has 7 heteroatoms. The number of carbonyl (C=O) groups is 1. The average molecular weight is 379 g/mol. The van der Waals surface area contributed by atoms with Crippen LogP contribution in [-0.4, -0.2) is 30.9 Å². The summed E-state index contributed by atoms with van der Waals surface area (Å²) in [4.78, 5) is 11.6. The van der Waals surface area contributed by atoms with Crippen LogP contribution in [0.15, 0.2) is 52.0 Å². The van der Waals surface area contributed by atoms with E-state index in [1.165, 1.54) is 19.4 Å². The number of hydrogen-bond acceptors (Lipinski definition) is 5. The lowest BCUT2D eigenvalue weighted by atomic mass is 10.2. The lowest BCUT2D eigenvalue weighted by Gasteiger charge is -2.05. The SMILES string of the molecule is COc1ccc(O)c(/C=N\NC(=O)COc2ccc(Br)cc2)c1. The highest BCUT2D eigenvalue weighted by Gasteiger charge is 2.03. The molecule has 0 heterocycles. The molecule has 6 nitrogen and oxygen atoms in total. The Bertz CT molecular complexity index is 702. The summed E-state index contributed by atoms with van der Waals surface area (Å²) in [6.45, 7) is -0.164. The van der Waals surface area contributed by atoms with Gasteiger partial charge in [-0.25, -0.2) is 5.43 Å². The van der Waals surface area contributed by atoms with Crippen LogP contribution in [0.3, 0.4) is 0 Å². The summed E-state index contributed by atoms with van der Waals surface area (Å²) < 4.78 is 11.3. The van der Waals surface area contributed by atoms with Gasteiger partial charge in [0.2, 0.25) is 0 Å². The number of phenols is 1. The molecule has 2 rings (SSSR count). The summed E-state index contributed by atoms with van der Waals surface area (Å²) in [5.41, 5.74) is 2.75. The number of hydrazone groups is 1. The Kier molecular flexibility index (Phi) is 5.99. The monoisotopic (exact) mass is 378 g/mol. The first-order valence-electron chi connectivity index (χ1n) is 6.66. The van der Waals surface area contributed by atoms with Crippen LogP contribution in [0.4, 0.5) is 0 Å². The van der Waals surface area contributed by atoms with Crippen LogP contribution in [0.2, 0.25) is 0 Å². The number of carbonyl (C=O) groups excluding carboxylic acids is 1. The molecule has 0 saturated carbocycles. The van der Waals surface area contributed by atoms with Gasteiger partial charge in [0.15, 0.2) is 6.61 Å². The van der Waals surface area contributed by atoms with Gasteiger partial charge in [-0.05, 0) is 42.5 Å². The number of rotatable bonds is 6. The molecule has 0 aliphatic rings. The highest BCUT2D eigenvalue weighted by molar-refractivity contribution is 9.10. The van der Waals surface area contributed by atoms with Crippen LogP contribution < -0.4 is 14.9 Å². The van der Waals surface area contributed by atoms with E-state index in [2.05, 4.69) is 26.5 Å². The smallest absolute Gasteiger partial charge is 0.277 e. The third-order valence-corrected chi connectivity index (χ3v) is 3.34. The summed E-state index contributed by atoms with van der Waals surface area (Å²) >= 11 is 3.31. The molecule has 2 N–H and O–H groups in total. The number of benzene rings is 2. The second-order valence-electron chi connectivity index (χ2n) is 4.46. The van der Waals surface area contributed by atoms with E-state index >= 15 is 0 Å². The number of ether oxygens (including phenoxy) is 2. The van der Waals surface area contributed by atoms with Crippen LogP contribution >= 0.6 is 15.9 Å². The van der Waals surface area contributed by atoms with Crippen LogP contribution in [0.25, 0.3) is 0 Å². The summed E-state index contributed by atoms with van der Waals surface area (Å²) in [7, 11) is 1.52. The van der Waals surface area contributed by atoms with E-state index < -0.39 is 5.91 Å². The fraction of sp³-hybridized carbons (Fsp3) is 0.125. The van der Waals surface area contributed by atoms with Gasteiger partial charge in [-0.2, -0.15) is 5.10 Å². The van der Waals surface area contributed by atoms with Gasteiger partial charge in [-0.3, -0.25) is 4.79 Å². The van der Waals surface area contributed by atoms with E-state index in [0.29, 0.717) is 17.1 Å². The average Bonchev–Trinajstić information content (AvgIpc) is 2.56. The maximum Gasteiger partial charge on any atom is 0.277 e. The van der Waals surface area contributed by atoms with Gasteiger partial charge in [0.1, 0.15) is 17.2 Å². The van der Waals surface area contributed by atoms with Crippen molar-refractivity contribution in [3.8, 4) is 17.2 Å². The number of methoxy groups -OCH3 is 1. The number of nitrogens with zero attached hydrogens (tertiary/aromatic N) is 1. The molecular formula is C16H15BrN2O4. The predicted molar refractivity (Wildman–Crippen MR) is 90.0 cm³/mol. The second-order valence-corrected chi connectivity index (χ2v) is 5.38. The third kappa shape index (κ3) is 5.30. The zero-order valence-electron chi connectivity index (χ0n) is 12.3. The maximum absolute atomic E-state index is 11.6. The number of phenolic OH excluding ortho intramolecular Hbond substituents is 1. The molecule has 0 aliphatic carbocycles. The Morgan fingerprint density at radius 3 is 2.65 bits per heavy atom. The largest absolute Gasteiger partial charge is 0.507 e. The number of nitrogens with one attached hydrogen (secondary N) is 1. The van der Waals surface area contributed by atoms with Crippen LogP contribution in [0.1, 0.15) is 5.56 Å². The van der Waals surface area contributed by atoms with Gasteiger partial charge in [0.25, 0.3) is 5.91 Å². The Balaban J connectivity index is 1.85. The van der Waals surface area contributed by atoms with Crippen molar-refractivity contribution in [1.29, 1.82) is 0 Å². The molecular weight excluding hydrogens is 364 g/mol. The van der Waals surface area contributed by atoms with E-state index in [1.54, 1.807) is 24.3 Å². The minimum absolute atomic E-state index is 0.0370. The first-order valence-corrected chi connectivity index (χ1v) is 7.45. The minimum Gasteiger partial charge on any atom is -0.507 e. The lowest BCUT2D eigenvalue weighted by Crippen LogP contribution is -2.24. The fourth-order valence-corrected chi connectivity index (χ4v) is 1.91. The fourth-order valence-electron chi connectivity index (χ4n) is 1.65. The van der Waals surface area contributed by atoms with Gasteiger partial charge in [-0.1, -0.05) is 15.9 Å². The van der Waals surface area contributed by atoms with Gasteiger partial charge in [0, 0.05) is 10.0 Å².